The van der Waals surface area contributed by atoms with Gasteiger partial charge in [0.2, 0.25) is 0 Å². The lowest BCUT2D eigenvalue weighted by Crippen LogP contribution is -2.28. The topological polar surface area (TPSA) is 20.3 Å². The van der Waals surface area contributed by atoms with E-state index in [1.807, 2.05) is 43.1 Å². The zero-order valence-corrected chi connectivity index (χ0v) is 8.47. The molecule has 1 unspecified atom stereocenters. The fraction of sp³-hybridized carbons (Fsp3) is 0.300. The Balaban J connectivity index is 0.000000845. The van der Waals surface area contributed by atoms with Crippen LogP contribution < -0.4 is 4.90 Å². The van der Waals surface area contributed by atoms with Gasteiger partial charge in [-0.25, -0.2) is 0 Å². The Morgan fingerprint density at radius 3 is 2.54 bits per heavy atom. The Kier molecular flexibility index (Phi) is 2.62. The molecular weight excluding hydrogens is 186 g/mol. The van der Waals surface area contributed by atoms with Crippen molar-refractivity contribution in [3.63, 3.8) is 0 Å². The third-order valence-corrected chi connectivity index (χ3v) is 2.51. The van der Waals surface area contributed by atoms with Crippen LogP contribution in [0.4, 0.5) is 5.69 Å². The number of hydrogen-bond donors (Lipinski definition) is 0. The molecule has 2 nitrogen and oxygen atoms in total. The van der Waals surface area contributed by atoms with Crippen molar-refractivity contribution >= 4 is 23.9 Å². The maximum Gasteiger partial charge on any atom is 0.186 e. The number of ketones is 1. The van der Waals surface area contributed by atoms with Gasteiger partial charge in [-0.1, -0.05) is 12.1 Å². The van der Waals surface area contributed by atoms with Crippen molar-refractivity contribution in [2.45, 2.75) is 13.0 Å². The van der Waals surface area contributed by atoms with Crippen molar-refractivity contribution < 1.29 is 4.79 Å². The fourth-order valence-electron chi connectivity index (χ4n) is 1.60. The number of benzene rings is 1. The number of fused-ring (bicyclic) bond motifs is 1. The molecule has 1 aromatic carbocycles. The summed E-state index contributed by atoms with van der Waals surface area (Å²) in [7, 11) is 1.95. The highest BCUT2D eigenvalue weighted by atomic mass is 35.5. The molecule has 1 atom stereocenters. The van der Waals surface area contributed by atoms with Crippen LogP contribution >= 0.6 is 12.4 Å². The summed E-state index contributed by atoms with van der Waals surface area (Å²) >= 11 is 0. The molecular formula is C10H12ClNO. The largest absolute Gasteiger partial charge is 0.364 e. The van der Waals surface area contributed by atoms with E-state index in [1.165, 1.54) is 0 Å². The van der Waals surface area contributed by atoms with Crippen LogP contribution in [0, 0.1) is 0 Å². The Labute approximate surface area is 84.0 Å². The Morgan fingerprint density at radius 2 is 1.92 bits per heavy atom. The van der Waals surface area contributed by atoms with Gasteiger partial charge in [0, 0.05) is 18.3 Å². The van der Waals surface area contributed by atoms with Crippen LogP contribution in [-0.2, 0) is 0 Å². The summed E-state index contributed by atoms with van der Waals surface area (Å²) in [5.41, 5.74) is 1.91. The quantitative estimate of drug-likeness (QED) is 0.635. The average molecular weight is 198 g/mol. The van der Waals surface area contributed by atoms with Gasteiger partial charge in [0.05, 0.1) is 6.04 Å². The Morgan fingerprint density at radius 1 is 1.31 bits per heavy atom. The van der Waals surface area contributed by atoms with Gasteiger partial charge in [-0.2, -0.15) is 0 Å². The van der Waals surface area contributed by atoms with E-state index in [-0.39, 0.29) is 24.2 Å². The highest BCUT2D eigenvalue weighted by molar-refractivity contribution is 6.10. The standard InChI is InChI=1S/C10H11NO.ClH/c1-7-10(12)8-5-3-4-6-9(8)11(7)2;/h3-7H,1-2H3;1H. The second kappa shape index (κ2) is 3.38. The second-order valence-corrected chi connectivity index (χ2v) is 3.17. The number of nitrogens with zero attached hydrogens (tertiary/aromatic N) is 1. The molecule has 0 saturated carbocycles. The summed E-state index contributed by atoms with van der Waals surface area (Å²) in [5.74, 6) is 0.230. The number of Topliss-reactive ketones (excluding diaryl/α,β-unsaturated/α-hetero) is 1. The van der Waals surface area contributed by atoms with Crippen LogP contribution in [0.5, 0.6) is 0 Å². The van der Waals surface area contributed by atoms with E-state index in [0.717, 1.165) is 11.3 Å². The smallest absolute Gasteiger partial charge is 0.186 e. The molecule has 1 aliphatic rings. The van der Waals surface area contributed by atoms with Gasteiger partial charge in [-0.15, -0.1) is 12.4 Å². The molecule has 0 aliphatic carbocycles. The predicted molar refractivity (Wildman–Crippen MR) is 55.9 cm³/mol. The molecule has 1 aromatic rings. The van der Waals surface area contributed by atoms with Crippen LogP contribution in [0.1, 0.15) is 17.3 Å². The van der Waals surface area contributed by atoms with Crippen molar-refractivity contribution in [2.24, 2.45) is 0 Å². The first-order valence-corrected chi connectivity index (χ1v) is 4.08. The van der Waals surface area contributed by atoms with Crippen LogP contribution in [0.15, 0.2) is 24.3 Å². The molecule has 0 amide bonds. The van der Waals surface area contributed by atoms with Crippen molar-refractivity contribution in [1.82, 2.24) is 0 Å². The number of halogens is 1. The zero-order chi connectivity index (χ0) is 8.72. The number of rotatable bonds is 0. The van der Waals surface area contributed by atoms with Gasteiger partial charge >= 0.3 is 0 Å². The summed E-state index contributed by atoms with van der Waals surface area (Å²) in [6.45, 7) is 1.93. The summed E-state index contributed by atoms with van der Waals surface area (Å²) < 4.78 is 0. The molecule has 0 saturated heterocycles. The molecule has 0 bridgehead atoms. The van der Waals surface area contributed by atoms with E-state index < -0.39 is 0 Å². The van der Waals surface area contributed by atoms with Crippen LogP contribution in [0.3, 0.4) is 0 Å². The molecule has 70 valence electrons. The lowest BCUT2D eigenvalue weighted by atomic mass is 10.1. The van der Waals surface area contributed by atoms with Gasteiger partial charge in [-0.3, -0.25) is 4.79 Å². The molecule has 0 spiro atoms. The minimum atomic E-state index is 0. The van der Waals surface area contributed by atoms with E-state index in [0.29, 0.717) is 0 Å². The molecule has 0 aromatic heterocycles. The molecule has 0 fully saturated rings. The number of carbonyl (C=O) groups is 1. The van der Waals surface area contributed by atoms with Crippen molar-refractivity contribution in [2.75, 3.05) is 11.9 Å². The fourth-order valence-corrected chi connectivity index (χ4v) is 1.60. The Hall–Kier alpha value is -1.02. The summed E-state index contributed by atoms with van der Waals surface area (Å²) in [4.78, 5) is 13.6. The lowest BCUT2D eigenvalue weighted by Gasteiger charge is -2.16. The summed E-state index contributed by atoms with van der Waals surface area (Å²) in [6.07, 6.45) is 0. The minimum Gasteiger partial charge on any atom is -0.364 e. The second-order valence-electron chi connectivity index (χ2n) is 3.17. The highest BCUT2D eigenvalue weighted by Gasteiger charge is 2.30. The van der Waals surface area contributed by atoms with E-state index >= 15 is 0 Å². The van der Waals surface area contributed by atoms with Crippen molar-refractivity contribution in [3.8, 4) is 0 Å². The average Bonchev–Trinajstić information content (AvgIpc) is 2.33. The highest BCUT2D eigenvalue weighted by Crippen LogP contribution is 2.29. The molecule has 0 N–H and O–H groups in total. The van der Waals surface area contributed by atoms with Crippen LogP contribution in [-0.4, -0.2) is 18.9 Å². The van der Waals surface area contributed by atoms with E-state index in [4.69, 9.17) is 0 Å². The first-order valence-electron chi connectivity index (χ1n) is 4.08. The third kappa shape index (κ3) is 1.31. The summed E-state index contributed by atoms with van der Waals surface area (Å²) in [6, 6.07) is 7.74. The summed E-state index contributed by atoms with van der Waals surface area (Å²) in [5, 5.41) is 0. The zero-order valence-electron chi connectivity index (χ0n) is 7.65. The number of para-hydroxylation sites is 1. The molecule has 1 aliphatic heterocycles. The van der Waals surface area contributed by atoms with Gasteiger partial charge in [0.15, 0.2) is 5.78 Å². The number of likely N-dealkylation sites (N-methyl/N-ethyl adjacent to an activating group) is 1. The van der Waals surface area contributed by atoms with E-state index in [1.54, 1.807) is 0 Å². The minimum absolute atomic E-state index is 0. The maximum atomic E-state index is 11.6. The van der Waals surface area contributed by atoms with Crippen molar-refractivity contribution in [1.29, 1.82) is 0 Å². The van der Waals surface area contributed by atoms with Crippen LogP contribution in [0.2, 0.25) is 0 Å². The number of hydrogen-bond acceptors (Lipinski definition) is 2. The first-order chi connectivity index (χ1) is 5.72. The predicted octanol–water partition coefficient (Wildman–Crippen LogP) is 2.13. The van der Waals surface area contributed by atoms with E-state index in [9.17, 15) is 4.79 Å². The normalized spacial score (nSPS) is 19.7. The van der Waals surface area contributed by atoms with Crippen LogP contribution in [0.25, 0.3) is 0 Å². The van der Waals surface area contributed by atoms with Gasteiger partial charge < -0.3 is 4.90 Å². The molecule has 3 heteroatoms. The molecule has 1 heterocycles. The van der Waals surface area contributed by atoms with Crippen molar-refractivity contribution in [3.05, 3.63) is 29.8 Å². The molecule has 13 heavy (non-hydrogen) atoms. The SMILES string of the molecule is CC1C(=O)c2ccccc2N1C.Cl. The Bertz CT molecular complexity index is 337. The number of carbonyl (C=O) groups excluding carboxylic acids is 1. The van der Waals surface area contributed by atoms with E-state index in [2.05, 4.69) is 0 Å². The monoisotopic (exact) mass is 197 g/mol. The third-order valence-electron chi connectivity index (χ3n) is 2.51. The first kappa shape index (κ1) is 10.1. The maximum absolute atomic E-state index is 11.6. The van der Waals surface area contributed by atoms with Gasteiger partial charge in [0.1, 0.15) is 0 Å². The number of anilines is 1. The van der Waals surface area contributed by atoms with Gasteiger partial charge in [-0.05, 0) is 19.1 Å². The van der Waals surface area contributed by atoms with Gasteiger partial charge in [0.25, 0.3) is 0 Å². The molecule has 2 rings (SSSR count). The molecule has 0 radical (unpaired) electrons. The lowest BCUT2D eigenvalue weighted by molar-refractivity contribution is 0.0978.